The molecule has 1 rings (SSSR count). The van der Waals surface area contributed by atoms with Gasteiger partial charge in [-0.15, -0.1) is 0 Å². The van der Waals surface area contributed by atoms with Gasteiger partial charge in [-0.05, 0) is 24.9 Å². The van der Waals surface area contributed by atoms with Gasteiger partial charge < -0.3 is 16.3 Å². The lowest BCUT2D eigenvalue weighted by Crippen LogP contribution is -2.23. The van der Waals surface area contributed by atoms with Crippen LogP contribution in [0.5, 0.6) is 0 Å². The zero-order valence-corrected chi connectivity index (χ0v) is 9.39. The molecule has 0 aliphatic heterocycles. The summed E-state index contributed by atoms with van der Waals surface area (Å²) in [6.07, 6.45) is 2.76. The SMILES string of the molecule is NC(CCNCCCc1ccccc1)=NO. The van der Waals surface area contributed by atoms with Crippen LogP contribution in [0.2, 0.25) is 0 Å². The van der Waals surface area contributed by atoms with E-state index in [0.717, 1.165) is 25.9 Å². The Morgan fingerprint density at radius 3 is 2.69 bits per heavy atom. The molecule has 0 radical (unpaired) electrons. The van der Waals surface area contributed by atoms with Crippen LogP contribution < -0.4 is 11.1 Å². The Bertz CT molecular complexity index is 311. The third-order valence-electron chi connectivity index (χ3n) is 2.35. The van der Waals surface area contributed by atoms with Crippen molar-refractivity contribution in [2.75, 3.05) is 13.1 Å². The van der Waals surface area contributed by atoms with E-state index in [0.29, 0.717) is 6.42 Å². The van der Waals surface area contributed by atoms with Crippen LogP contribution in [-0.4, -0.2) is 24.1 Å². The van der Waals surface area contributed by atoms with Crippen molar-refractivity contribution < 1.29 is 5.21 Å². The van der Waals surface area contributed by atoms with Crippen LogP contribution in [0.15, 0.2) is 35.5 Å². The van der Waals surface area contributed by atoms with E-state index in [1.54, 1.807) is 0 Å². The van der Waals surface area contributed by atoms with E-state index in [-0.39, 0.29) is 5.84 Å². The first-order valence-electron chi connectivity index (χ1n) is 5.54. The van der Waals surface area contributed by atoms with Crippen molar-refractivity contribution in [3.8, 4) is 0 Å². The fourth-order valence-corrected chi connectivity index (χ4v) is 1.45. The molecule has 1 aromatic carbocycles. The van der Waals surface area contributed by atoms with Gasteiger partial charge in [-0.2, -0.15) is 0 Å². The molecule has 88 valence electrons. The normalized spacial score (nSPS) is 11.6. The van der Waals surface area contributed by atoms with Crippen molar-refractivity contribution in [1.82, 2.24) is 5.32 Å². The number of aryl methyl sites for hydroxylation is 1. The number of oxime groups is 1. The summed E-state index contributed by atoms with van der Waals surface area (Å²) in [4.78, 5) is 0. The summed E-state index contributed by atoms with van der Waals surface area (Å²) in [6.45, 7) is 1.71. The molecule has 16 heavy (non-hydrogen) atoms. The molecule has 1 aromatic rings. The molecule has 0 aromatic heterocycles. The van der Waals surface area contributed by atoms with Crippen LogP contribution in [0.3, 0.4) is 0 Å². The van der Waals surface area contributed by atoms with Gasteiger partial charge in [-0.3, -0.25) is 0 Å². The predicted molar refractivity (Wildman–Crippen MR) is 65.7 cm³/mol. The van der Waals surface area contributed by atoms with Crippen LogP contribution in [0.4, 0.5) is 0 Å². The summed E-state index contributed by atoms with van der Waals surface area (Å²) in [5, 5.41) is 14.5. The summed E-state index contributed by atoms with van der Waals surface area (Å²) in [5.74, 6) is 0.274. The number of hydrogen-bond acceptors (Lipinski definition) is 3. The number of nitrogens with two attached hydrogens (primary N) is 1. The Labute approximate surface area is 96.2 Å². The first-order valence-corrected chi connectivity index (χ1v) is 5.54. The molecule has 0 saturated heterocycles. The van der Waals surface area contributed by atoms with E-state index in [1.165, 1.54) is 5.56 Å². The summed E-state index contributed by atoms with van der Waals surface area (Å²) in [6, 6.07) is 10.4. The molecule has 0 fully saturated rings. The van der Waals surface area contributed by atoms with Gasteiger partial charge in [-0.25, -0.2) is 0 Å². The average molecular weight is 221 g/mol. The highest BCUT2D eigenvalue weighted by atomic mass is 16.4. The van der Waals surface area contributed by atoms with Gasteiger partial charge in [0.2, 0.25) is 0 Å². The van der Waals surface area contributed by atoms with Crippen LogP contribution in [0.1, 0.15) is 18.4 Å². The van der Waals surface area contributed by atoms with Gasteiger partial charge >= 0.3 is 0 Å². The Morgan fingerprint density at radius 1 is 1.25 bits per heavy atom. The molecule has 0 aliphatic rings. The fraction of sp³-hybridized carbons (Fsp3) is 0.417. The molecule has 0 unspecified atom stereocenters. The molecule has 0 spiro atoms. The quantitative estimate of drug-likeness (QED) is 0.214. The first kappa shape index (κ1) is 12.5. The Morgan fingerprint density at radius 2 is 2.00 bits per heavy atom. The van der Waals surface area contributed by atoms with Crippen LogP contribution in [0.25, 0.3) is 0 Å². The number of rotatable bonds is 7. The lowest BCUT2D eigenvalue weighted by molar-refractivity contribution is 0.316. The van der Waals surface area contributed by atoms with Crippen molar-refractivity contribution in [3.05, 3.63) is 35.9 Å². The minimum absolute atomic E-state index is 0.274. The minimum Gasteiger partial charge on any atom is -0.409 e. The molecular weight excluding hydrogens is 202 g/mol. The van der Waals surface area contributed by atoms with Crippen LogP contribution >= 0.6 is 0 Å². The lowest BCUT2D eigenvalue weighted by Gasteiger charge is -2.04. The molecule has 4 nitrogen and oxygen atoms in total. The van der Waals surface area contributed by atoms with E-state index < -0.39 is 0 Å². The maximum Gasteiger partial charge on any atom is 0.140 e. The molecule has 0 amide bonds. The zero-order chi connectivity index (χ0) is 11.6. The topological polar surface area (TPSA) is 70.6 Å². The predicted octanol–water partition coefficient (Wildman–Crippen LogP) is 1.35. The van der Waals surface area contributed by atoms with E-state index in [4.69, 9.17) is 10.9 Å². The maximum atomic E-state index is 8.32. The van der Waals surface area contributed by atoms with E-state index in [1.807, 2.05) is 6.07 Å². The monoisotopic (exact) mass is 221 g/mol. The number of hydrogen-bond donors (Lipinski definition) is 3. The highest BCUT2D eigenvalue weighted by molar-refractivity contribution is 5.79. The summed E-state index contributed by atoms with van der Waals surface area (Å²) in [7, 11) is 0. The van der Waals surface area contributed by atoms with Crippen molar-refractivity contribution in [3.63, 3.8) is 0 Å². The third kappa shape index (κ3) is 5.36. The highest BCUT2D eigenvalue weighted by Gasteiger charge is 1.94. The largest absolute Gasteiger partial charge is 0.409 e. The number of nitrogens with zero attached hydrogens (tertiary/aromatic N) is 1. The summed E-state index contributed by atoms with van der Waals surface area (Å²) >= 11 is 0. The van der Waals surface area contributed by atoms with Crippen molar-refractivity contribution >= 4 is 5.84 Å². The van der Waals surface area contributed by atoms with Crippen LogP contribution in [0, 0.1) is 0 Å². The highest BCUT2D eigenvalue weighted by Crippen LogP contribution is 2.01. The smallest absolute Gasteiger partial charge is 0.140 e. The van der Waals surface area contributed by atoms with Gasteiger partial charge in [0.05, 0.1) is 0 Å². The number of benzene rings is 1. The van der Waals surface area contributed by atoms with Gasteiger partial charge in [0.15, 0.2) is 0 Å². The van der Waals surface area contributed by atoms with Crippen molar-refractivity contribution in [1.29, 1.82) is 0 Å². The van der Waals surface area contributed by atoms with Gasteiger partial charge in [0.25, 0.3) is 0 Å². The van der Waals surface area contributed by atoms with E-state index in [9.17, 15) is 0 Å². The lowest BCUT2D eigenvalue weighted by atomic mass is 10.1. The molecule has 0 saturated carbocycles. The molecule has 0 atom stereocenters. The Hall–Kier alpha value is -1.55. The fourth-order valence-electron chi connectivity index (χ4n) is 1.45. The maximum absolute atomic E-state index is 8.32. The average Bonchev–Trinajstić information content (AvgIpc) is 2.34. The third-order valence-corrected chi connectivity index (χ3v) is 2.35. The van der Waals surface area contributed by atoms with Gasteiger partial charge in [0.1, 0.15) is 5.84 Å². The Kier molecular flexibility index (Phi) is 6.03. The van der Waals surface area contributed by atoms with Crippen LogP contribution in [-0.2, 0) is 6.42 Å². The molecule has 4 heteroatoms. The van der Waals surface area contributed by atoms with Crippen molar-refractivity contribution in [2.45, 2.75) is 19.3 Å². The minimum atomic E-state index is 0.274. The Balaban J connectivity index is 2.01. The zero-order valence-electron chi connectivity index (χ0n) is 9.39. The van der Waals surface area contributed by atoms with E-state index in [2.05, 4.69) is 34.7 Å². The standard InChI is InChI=1S/C12H19N3O/c13-12(15-16)8-10-14-9-4-7-11-5-2-1-3-6-11/h1-3,5-6,14,16H,4,7-10H2,(H2,13,15). The summed E-state index contributed by atoms with van der Waals surface area (Å²) in [5.41, 5.74) is 6.70. The van der Waals surface area contributed by atoms with E-state index >= 15 is 0 Å². The van der Waals surface area contributed by atoms with Gasteiger partial charge in [0, 0.05) is 13.0 Å². The molecule has 0 aliphatic carbocycles. The molecule has 0 bridgehead atoms. The first-order chi connectivity index (χ1) is 7.83. The van der Waals surface area contributed by atoms with Crippen molar-refractivity contribution in [2.24, 2.45) is 10.9 Å². The number of amidine groups is 1. The molecular formula is C12H19N3O. The second kappa shape index (κ2) is 7.70. The molecule has 4 N–H and O–H groups in total. The van der Waals surface area contributed by atoms with Gasteiger partial charge in [-0.1, -0.05) is 35.5 Å². The second-order valence-electron chi connectivity index (χ2n) is 3.68. The molecule has 0 heterocycles. The number of nitrogens with one attached hydrogen (secondary N) is 1. The summed E-state index contributed by atoms with van der Waals surface area (Å²) < 4.78 is 0. The second-order valence-corrected chi connectivity index (χ2v) is 3.68.